The number of nitrogen functional groups attached to an aromatic ring is 1. The van der Waals surface area contributed by atoms with Crippen LogP contribution in [0.4, 0.5) is 11.9 Å². The Hall–Kier alpha value is -1.96. The van der Waals surface area contributed by atoms with Crippen molar-refractivity contribution in [1.29, 1.82) is 0 Å². The van der Waals surface area contributed by atoms with Gasteiger partial charge in [0.05, 0.1) is 6.61 Å². The van der Waals surface area contributed by atoms with E-state index >= 15 is 0 Å². The summed E-state index contributed by atoms with van der Waals surface area (Å²) in [6, 6.07) is 0. The lowest BCUT2D eigenvalue weighted by molar-refractivity contribution is 0.0512. The Bertz CT molecular complexity index is 473. The fourth-order valence-electron chi connectivity index (χ4n) is 2.07. The van der Waals surface area contributed by atoms with E-state index in [2.05, 4.69) is 26.8 Å². The first kappa shape index (κ1) is 14.4. The summed E-state index contributed by atoms with van der Waals surface area (Å²) < 4.78 is 4.89. The first-order valence-electron chi connectivity index (χ1n) is 6.80. The van der Waals surface area contributed by atoms with E-state index in [-0.39, 0.29) is 18.4 Å². The first-order valence-corrected chi connectivity index (χ1v) is 6.80. The van der Waals surface area contributed by atoms with Gasteiger partial charge in [-0.05, 0) is 13.5 Å². The molecule has 0 saturated carbocycles. The van der Waals surface area contributed by atoms with Crippen molar-refractivity contribution in [1.82, 2.24) is 19.9 Å². The standard InChI is InChI=1S/C12H20N6O2/c1-3-17-5-7-18(8-6-17)12-15-9(10(19)20-4-2)14-11(13)16-12/h3-8H2,1-2H3,(H2,13,14,15,16). The van der Waals surface area contributed by atoms with Gasteiger partial charge in [0, 0.05) is 26.2 Å². The lowest BCUT2D eigenvalue weighted by Gasteiger charge is -2.33. The van der Waals surface area contributed by atoms with Crippen molar-refractivity contribution < 1.29 is 9.53 Å². The molecule has 2 rings (SSSR count). The number of ether oxygens (including phenoxy) is 1. The van der Waals surface area contributed by atoms with Gasteiger partial charge in [-0.15, -0.1) is 0 Å². The Balaban J connectivity index is 2.14. The van der Waals surface area contributed by atoms with E-state index in [0.29, 0.717) is 5.95 Å². The lowest BCUT2D eigenvalue weighted by atomic mass is 10.3. The van der Waals surface area contributed by atoms with Crippen LogP contribution in [0.3, 0.4) is 0 Å². The third-order valence-corrected chi connectivity index (χ3v) is 3.20. The van der Waals surface area contributed by atoms with E-state index in [4.69, 9.17) is 10.5 Å². The summed E-state index contributed by atoms with van der Waals surface area (Å²) in [5.41, 5.74) is 5.65. The summed E-state index contributed by atoms with van der Waals surface area (Å²) in [7, 11) is 0. The van der Waals surface area contributed by atoms with Gasteiger partial charge in [0.1, 0.15) is 0 Å². The Morgan fingerprint density at radius 1 is 1.20 bits per heavy atom. The Kier molecular flexibility index (Phi) is 4.67. The van der Waals surface area contributed by atoms with Crippen molar-refractivity contribution in [3.8, 4) is 0 Å². The number of hydrogen-bond donors (Lipinski definition) is 1. The number of rotatable bonds is 4. The summed E-state index contributed by atoms with van der Waals surface area (Å²) in [5, 5.41) is 0. The first-order chi connectivity index (χ1) is 9.63. The Labute approximate surface area is 118 Å². The summed E-state index contributed by atoms with van der Waals surface area (Å²) in [6.07, 6.45) is 0. The monoisotopic (exact) mass is 280 g/mol. The van der Waals surface area contributed by atoms with Crippen molar-refractivity contribution in [3.63, 3.8) is 0 Å². The highest BCUT2D eigenvalue weighted by molar-refractivity contribution is 5.85. The van der Waals surface area contributed by atoms with E-state index in [0.717, 1.165) is 32.7 Å². The zero-order valence-electron chi connectivity index (χ0n) is 11.9. The summed E-state index contributed by atoms with van der Waals surface area (Å²) in [5.74, 6) is -0.130. The molecule has 1 aliphatic heterocycles. The van der Waals surface area contributed by atoms with E-state index in [1.807, 2.05) is 4.90 Å². The molecule has 0 amide bonds. The zero-order chi connectivity index (χ0) is 14.5. The van der Waals surface area contributed by atoms with Crippen LogP contribution in [0.15, 0.2) is 0 Å². The predicted molar refractivity (Wildman–Crippen MR) is 74.5 cm³/mol. The minimum absolute atomic E-state index is 0.0349. The number of nitrogens with zero attached hydrogens (tertiary/aromatic N) is 5. The van der Waals surface area contributed by atoms with Gasteiger partial charge >= 0.3 is 5.97 Å². The Morgan fingerprint density at radius 3 is 2.50 bits per heavy atom. The number of likely N-dealkylation sites (N-methyl/N-ethyl adjacent to an activating group) is 1. The molecule has 0 unspecified atom stereocenters. The minimum Gasteiger partial charge on any atom is -0.460 e. The number of piperazine rings is 1. The normalized spacial score (nSPS) is 16.2. The molecule has 20 heavy (non-hydrogen) atoms. The average molecular weight is 280 g/mol. The molecule has 0 spiro atoms. The van der Waals surface area contributed by atoms with Crippen molar-refractivity contribution in [3.05, 3.63) is 5.82 Å². The van der Waals surface area contributed by atoms with Crippen LogP contribution in [0, 0.1) is 0 Å². The predicted octanol–water partition coefficient (Wildman–Crippen LogP) is -0.228. The SMILES string of the molecule is CCOC(=O)c1nc(N)nc(N2CCN(CC)CC2)n1. The van der Waals surface area contributed by atoms with Gasteiger partial charge in [-0.1, -0.05) is 6.92 Å². The molecule has 8 heteroatoms. The molecule has 0 atom stereocenters. The van der Waals surface area contributed by atoms with Crippen molar-refractivity contribution >= 4 is 17.9 Å². The highest BCUT2D eigenvalue weighted by atomic mass is 16.5. The molecule has 2 N–H and O–H groups in total. The summed E-state index contributed by atoms with van der Waals surface area (Å²) in [6.45, 7) is 8.66. The molecule has 1 aromatic heterocycles. The number of anilines is 2. The largest absolute Gasteiger partial charge is 0.460 e. The Morgan fingerprint density at radius 2 is 1.90 bits per heavy atom. The maximum atomic E-state index is 11.7. The van der Waals surface area contributed by atoms with Crippen molar-refractivity contribution in [2.24, 2.45) is 0 Å². The van der Waals surface area contributed by atoms with E-state index in [9.17, 15) is 4.79 Å². The van der Waals surface area contributed by atoms with Gasteiger partial charge in [0.25, 0.3) is 0 Å². The van der Waals surface area contributed by atoms with Crippen molar-refractivity contribution in [2.45, 2.75) is 13.8 Å². The van der Waals surface area contributed by atoms with Crippen LogP contribution in [0.1, 0.15) is 24.5 Å². The summed E-state index contributed by atoms with van der Waals surface area (Å²) >= 11 is 0. The fraction of sp³-hybridized carbons (Fsp3) is 0.667. The van der Waals surface area contributed by atoms with Gasteiger partial charge < -0.3 is 20.3 Å². The van der Waals surface area contributed by atoms with Gasteiger partial charge in [-0.25, -0.2) is 4.79 Å². The van der Waals surface area contributed by atoms with Crippen LogP contribution in [-0.2, 0) is 4.74 Å². The minimum atomic E-state index is -0.574. The van der Waals surface area contributed by atoms with Gasteiger partial charge in [0.15, 0.2) is 0 Å². The molecule has 110 valence electrons. The lowest BCUT2D eigenvalue weighted by Crippen LogP contribution is -2.47. The quantitative estimate of drug-likeness (QED) is 0.755. The maximum Gasteiger partial charge on any atom is 0.376 e. The molecule has 1 fully saturated rings. The number of nitrogens with two attached hydrogens (primary N) is 1. The smallest absolute Gasteiger partial charge is 0.376 e. The number of aromatic nitrogens is 3. The van der Waals surface area contributed by atoms with E-state index < -0.39 is 5.97 Å². The maximum absolute atomic E-state index is 11.7. The van der Waals surface area contributed by atoms with Gasteiger partial charge in [0.2, 0.25) is 17.7 Å². The number of esters is 1. The van der Waals surface area contributed by atoms with E-state index in [1.165, 1.54) is 0 Å². The van der Waals surface area contributed by atoms with Gasteiger partial charge in [-0.3, -0.25) is 0 Å². The fourth-order valence-corrected chi connectivity index (χ4v) is 2.07. The molecule has 1 saturated heterocycles. The third kappa shape index (κ3) is 3.32. The van der Waals surface area contributed by atoms with Crippen LogP contribution in [0.5, 0.6) is 0 Å². The second-order valence-electron chi connectivity index (χ2n) is 4.46. The average Bonchev–Trinajstić information content (AvgIpc) is 2.47. The number of carbonyl (C=O) groups is 1. The second-order valence-corrected chi connectivity index (χ2v) is 4.46. The number of hydrogen-bond acceptors (Lipinski definition) is 8. The molecular weight excluding hydrogens is 260 g/mol. The highest BCUT2D eigenvalue weighted by Gasteiger charge is 2.21. The van der Waals surface area contributed by atoms with Crippen LogP contribution < -0.4 is 10.6 Å². The molecule has 2 heterocycles. The summed E-state index contributed by atoms with van der Waals surface area (Å²) in [4.78, 5) is 28.1. The van der Waals surface area contributed by atoms with Crippen LogP contribution >= 0.6 is 0 Å². The van der Waals surface area contributed by atoms with E-state index in [1.54, 1.807) is 6.92 Å². The molecule has 1 aromatic rings. The number of carbonyl (C=O) groups excluding carboxylic acids is 1. The molecule has 0 aliphatic carbocycles. The highest BCUT2D eigenvalue weighted by Crippen LogP contribution is 2.12. The molecule has 0 radical (unpaired) electrons. The molecule has 8 nitrogen and oxygen atoms in total. The molecular formula is C12H20N6O2. The van der Waals surface area contributed by atoms with Crippen molar-refractivity contribution in [2.75, 3.05) is 50.0 Å². The van der Waals surface area contributed by atoms with Crippen LogP contribution in [0.2, 0.25) is 0 Å². The molecule has 1 aliphatic rings. The van der Waals surface area contributed by atoms with Crippen LogP contribution in [0.25, 0.3) is 0 Å². The van der Waals surface area contributed by atoms with Crippen LogP contribution in [-0.4, -0.2) is 65.2 Å². The zero-order valence-corrected chi connectivity index (χ0v) is 11.9. The molecule has 0 bridgehead atoms. The molecule has 0 aromatic carbocycles. The third-order valence-electron chi connectivity index (χ3n) is 3.20. The van der Waals surface area contributed by atoms with Gasteiger partial charge in [-0.2, -0.15) is 15.0 Å². The second kappa shape index (κ2) is 6.47. The topological polar surface area (TPSA) is 97.5 Å².